The average Bonchev–Trinajstić information content (AvgIpc) is 3.49. The van der Waals surface area contributed by atoms with E-state index < -0.39 is 10.0 Å². The van der Waals surface area contributed by atoms with Crippen LogP contribution in [0.5, 0.6) is 0 Å². The lowest BCUT2D eigenvalue weighted by Crippen LogP contribution is -2.51. The van der Waals surface area contributed by atoms with Crippen molar-refractivity contribution >= 4 is 38.3 Å². The van der Waals surface area contributed by atoms with E-state index in [1.165, 1.54) is 15.6 Å². The first-order chi connectivity index (χ1) is 16.3. The zero-order valence-electron chi connectivity index (χ0n) is 19.0. The van der Waals surface area contributed by atoms with Crippen LogP contribution in [0.3, 0.4) is 0 Å². The van der Waals surface area contributed by atoms with Crippen molar-refractivity contribution in [3.63, 3.8) is 0 Å². The quantitative estimate of drug-likeness (QED) is 0.424. The van der Waals surface area contributed by atoms with Gasteiger partial charge < -0.3 is 9.47 Å². The molecule has 1 aliphatic heterocycles. The number of benzene rings is 2. The summed E-state index contributed by atoms with van der Waals surface area (Å²) in [4.78, 5) is 24.4. The number of rotatable bonds is 5. The van der Waals surface area contributed by atoms with Gasteiger partial charge in [-0.15, -0.1) is 11.3 Å². The van der Waals surface area contributed by atoms with Crippen LogP contribution in [0.2, 0.25) is 0 Å². The first-order valence-electron chi connectivity index (χ1n) is 11.0. The summed E-state index contributed by atoms with van der Waals surface area (Å²) in [5.41, 5.74) is 5.79. The van der Waals surface area contributed by atoms with Crippen molar-refractivity contribution in [1.29, 1.82) is 0 Å². The number of thiazole rings is 1. The molecule has 0 atom stereocenters. The van der Waals surface area contributed by atoms with Gasteiger partial charge >= 0.3 is 0 Å². The molecule has 10 heteroatoms. The zero-order chi connectivity index (χ0) is 23.9. The molecule has 0 bridgehead atoms. The summed E-state index contributed by atoms with van der Waals surface area (Å²) in [7, 11) is -3.61. The number of aromatic nitrogens is 3. The largest absolute Gasteiger partial charge is 0.339 e. The van der Waals surface area contributed by atoms with Crippen molar-refractivity contribution in [3.8, 4) is 11.5 Å². The molecule has 0 unspecified atom stereocenters. The minimum Gasteiger partial charge on any atom is -0.339 e. The van der Waals surface area contributed by atoms with E-state index >= 15 is 0 Å². The fraction of sp³-hybridized carbons (Fsp3) is 0.292. The van der Waals surface area contributed by atoms with Gasteiger partial charge in [-0.1, -0.05) is 24.3 Å². The van der Waals surface area contributed by atoms with Gasteiger partial charge in [-0.05, 0) is 43.2 Å². The third-order valence-corrected chi connectivity index (χ3v) is 8.79. The van der Waals surface area contributed by atoms with Crippen molar-refractivity contribution in [2.75, 3.05) is 26.2 Å². The Morgan fingerprint density at radius 1 is 1.06 bits per heavy atom. The fourth-order valence-corrected chi connectivity index (χ4v) is 6.55. The van der Waals surface area contributed by atoms with E-state index in [1.807, 2.05) is 60.2 Å². The number of nitrogens with zero attached hydrogens (tertiary/aromatic N) is 5. The van der Waals surface area contributed by atoms with Crippen molar-refractivity contribution in [2.45, 2.75) is 25.3 Å². The van der Waals surface area contributed by atoms with Crippen molar-refractivity contribution < 1.29 is 13.2 Å². The van der Waals surface area contributed by atoms with Crippen molar-refractivity contribution in [3.05, 3.63) is 64.5 Å². The van der Waals surface area contributed by atoms with Crippen molar-refractivity contribution in [2.24, 2.45) is 0 Å². The lowest BCUT2D eigenvalue weighted by molar-refractivity contribution is -0.132. The molecule has 0 saturated carbocycles. The Morgan fingerprint density at radius 2 is 1.82 bits per heavy atom. The highest BCUT2D eigenvalue weighted by molar-refractivity contribution is 7.89. The van der Waals surface area contributed by atoms with Crippen molar-refractivity contribution in [1.82, 2.24) is 23.7 Å². The molecular formula is C24H25N5O3S2. The van der Waals surface area contributed by atoms with E-state index in [4.69, 9.17) is 4.98 Å². The van der Waals surface area contributed by atoms with Crippen LogP contribution in [-0.2, 0) is 21.4 Å². The molecule has 5 rings (SSSR count). The van der Waals surface area contributed by atoms with Crippen LogP contribution < -0.4 is 0 Å². The third kappa shape index (κ3) is 4.13. The van der Waals surface area contributed by atoms with Gasteiger partial charge in [0.15, 0.2) is 5.82 Å². The number of piperazine rings is 1. The monoisotopic (exact) mass is 495 g/mol. The number of sulfonamides is 1. The van der Waals surface area contributed by atoms with E-state index in [9.17, 15) is 13.2 Å². The van der Waals surface area contributed by atoms with Gasteiger partial charge in [0, 0.05) is 31.6 Å². The minimum atomic E-state index is -3.61. The Labute approximate surface area is 202 Å². The highest BCUT2D eigenvalue weighted by Crippen LogP contribution is 2.26. The maximum absolute atomic E-state index is 13.2. The number of hydrogen-bond donors (Lipinski definition) is 0. The number of carbonyl (C=O) groups is 1. The molecule has 2 aromatic carbocycles. The summed E-state index contributed by atoms with van der Waals surface area (Å²) in [6.07, 6.45) is 0. The van der Waals surface area contributed by atoms with E-state index in [0.717, 1.165) is 27.9 Å². The van der Waals surface area contributed by atoms with Crippen LogP contribution in [0.1, 0.15) is 11.1 Å². The van der Waals surface area contributed by atoms with Gasteiger partial charge in [0.25, 0.3) is 0 Å². The number of amides is 1. The Morgan fingerprint density at radius 3 is 2.56 bits per heavy atom. The zero-order valence-corrected chi connectivity index (χ0v) is 20.6. The predicted octanol–water partition coefficient (Wildman–Crippen LogP) is 3.31. The summed E-state index contributed by atoms with van der Waals surface area (Å²) in [5, 5.41) is 1.92. The second-order valence-electron chi connectivity index (χ2n) is 8.44. The van der Waals surface area contributed by atoms with E-state index in [0.29, 0.717) is 23.8 Å². The van der Waals surface area contributed by atoms with Crippen LogP contribution >= 0.6 is 11.3 Å². The number of aryl methyl sites for hydroxylation is 2. The molecule has 1 amide bonds. The molecule has 0 N–H and O–H groups in total. The number of para-hydroxylation sites is 2. The molecule has 0 radical (unpaired) electrons. The lowest BCUT2D eigenvalue weighted by atomic mass is 10.2. The highest BCUT2D eigenvalue weighted by atomic mass is 32.2. The topological polar surface area (TPSA) is 88.4 Å². The lowest BCUT2D eigenvalue weighted by Gasteiger charge is -2.34. The van der Waals surface area contributed by atoms with E-state index in [1.54, 1.807) is 16.5 Å². The molecule has 8 nitrogen and oxygen atoms in total. The Hall–Kier alpha value is -3.08. The smallest absolute Gasteiger partial charge is 0.243 e. The molecule has 1 saturated heterocycles. The number of imidazole rings is 1. The molecular weight excluding hydrogens is 470 g/mol. The SMILES string of the molecule is Cc1ccc(C)c(S(=O)(=O)N2CCN(C(=O)Cn3c(-c4cscn4)nc4ccccc43)CC2)c1. The molecule has 176 valence electrons. The average molecular weight is 496 g/mol. The normalized spacial score (nSPS) is 15.2. The Bertz CT molecular complexity index is 1450. The van der Waals surface area contributed by atoms with Crippen LogP contribution in [0.4, 0.5) is 0 Å². The van der Waals surface area contributed by atoms with Gasteiger partial charge in [-0.2, -0.15) is 4.31 Å². The number of hydrogen-bond acceptors (Lipinski definition) is 6. The molecule has 3 heterocycles. The molecule has 4 aromatic rings. The van der Waals surface area contributed by atoms with E-state index in [2.05, 4.69) is 4.98 Å². The maximum atomic E-state index is 13.2. The van der Waals surface area contributed by atoms with Gasteiger partial charge in [0.1, 0.15) is 12.2 Å². The summed E-state index contributed by atoms with van der Waals surface area (Å²) in [6, 6.07) is 13.2. The summed E-state index contributed by atoms with van der Waals surface area (Å²) in [6.45, 7) is 5.05. The Balaban J connectivity index is 1.33. The van der Waals surface area contributed by atoms with Crippen LogP contribution in [-0.4, -0.2) is 64.2 Å². The molecule has 1 aliphatic rings. The predicted molar refractivity (Wildman–Crippen MR) is 132 cm³/mol. The van der Waals surface area contributed by atoms with Gasteiger partial charge in [0.2, 0.25) is 15.9 Å². The minimum absolute atomic E-state index is 0.0663. The Kier molecular flexibility index (Phi) is 5.97. The number of fused-ring (bicyclic) bond motifs is 1. The van der Waals surface area contributed by atoms with Crippen LogP contribution in [0.25, 0.3) is 22.6 Å². The highest BCUT2D eigenvalue weighted by Gasteiger charge is 2.31. The first-order valence-corrected chi connectivity index (χ1v) is 13.4. The molecule has 0 aliphatic carbocycles. The molecule has 1 fully saturated rings. The molecule has 34 heavy (non-hydrogen) atoms. The molecule has 0 spiro atoms. The number of carbonyl (C=O) groups excluding carboxylic acids is 1. The summed E-state index contributed by atoms with van der Waals surface area (Å²) >= 11 is 1.48. The van der Waals surface area contributed by atoms with Gasteiger partial charge in [0.05, 0.1) is 21.4 Å². The summed E-state index contributed by atoms with van der Waals surface area (Å²) in [5.74, 6) is 0.593. The molecule has 2 aromatic heterocycles. The first kappa shape index (κ1) is 22.7. The fourth-order valence-electron chi connectivity index (χ4n) is 4.29. The third-order valence-electron chi connectivity index (χ3n) is 6.16. The van der Waals surface area contributed by atoms with E-state index in [-0.39, 0.29) is 25.5 Å². The second-order valence-corrected chi connectivity index (χ2v) is 11.1. The van der Waals surface area contributed by atoms with Crippen LogP contribution in [0, 0.1) is 13.8 Å². The summed E-state index contributed by atoms with van der Waals surface area (Å²) < 4.78 is 29.8. The maximum Gasteiger partial charge on any atom is 0.243 e. The van der Waals surface area contributed by atoms with Gasteiger partial charge in [-0.3, -0.25) is 4.79 Å². The second kappa shape index (κ2) is 8.94. The van der Waals surface area contributed by atoms with Gasteiger partial charge in [-0.25, -0.2) is 18.4 Å². The van der Waals surface area contributed by atoms with Crippen LogP contribution in [0.15, 0.2) is 58.3 Å². The standard InChI is InChI=1S/C24H25N5O3S2/c1-17-7-8-18(2)22(13-17)34(31,32)28-11-9-27(10-12-28)23(30)14-29-21-6-4-3-5-19(21)26-24(29)20-15-33-16-25-20/h3-8,13,15-16H,9-12,14H2,1-2H3.